The summed E-state index contributed by atoms with van der Waals surface area (Å²) in [4.78, 5) is 0. The number of benzene rings is 2. The molecule has 2 aromatic heterocycles. The number of rotatable bonds is 5. The smallest absolute Gasteiger partial charge is 0.213 e. The first-order chi connectivity index (χ1) is 15.0. The van der Waals surface area contributed by atoms with Gasteiger partial charge in [0, 0.05) is 47.0 Å². The van der Waals surface area contributed by atoms with Crippen LogP contribution in [0.25, 0.3) is 22.5 Å². The Morgan fingerprint density at radius 3 is 1.58 bits per heavy atom. The summed E-state index contributed by atoms with van der Waals surface area (Å²) >= 11 is 0. The van der Waals surface area contributed by atoms with Crippen molar-refractivity contribution in [2.24, 2.45) is 0 Å². The van der Waals surface area contributed by atoms with E-state index in [1.165, 1.54) is 27.8 Å². The van der Waals surface area contributed by atoms with Crippen LogP contribution in [0.15, 0.2) is 79.4 Å². The van der Waals surface area contributed by atoms with Crippen LogP contribution in [0.5, 0.6) is 11.5 Å². The molecule has 0 bridgehead atoms. The Kier molecular flexibility index (Phi) is 5.72. The van der Waals surface area contributed by atoms with Crippen molar-refractivity contribution in [1.82, 2.24) is 0 Å². The van der Waals surface area contributed by atoms with Crippen molar-refractivity contribution in [2.45, 2.75) is 20.8 Å². The molecular formula is C27H28N2O2+2. The SMILES string of the molecule is COc1ccc(-[n+]2ccc(-c3cc[n+](-c4ccc(OC)cc4C)cc3C)cc2)c(C)c1. The average Bonchev–Trinajstić information content (AvgIpc) is 2.79. The first-order valence-corrected chi connectivity index (χ1v) is 10.3. The van der Waals surface area contributed by atoms with Crippen LogP contribution in [-0.4, -0.2) is 14.2 Å². The highest BCUT2D eigenvalue weighted by molar-refractivity contribution is 5.65. The molecule has 0 amide bonds. The Hall–Kier alpha value is -3.66. The number of ether oxygens (including phenoxy) is 2. The Balaban J connectivity index is 1.63. The second-order valence-corrected chi connectivity index (χ2v) is 7.75. The van der Waals surface area contributed by atoms with Crippen molar-refractivity contribution >= 4 is 0 Å². The lowest BCUT2D eigenvalue weighted by Gasteiger charge is -2.08. The van der Waals surface area contributed by atoms with E-state index in [9.17, 15) is 0 Å². The standard InChI is InChI=1S/C27H28N2O2/c1-19-16-23(30-4)6-8-26(19)28-13-10-22(11-14-28)25-12-15-29(18-21(25)3)27-9-7-24(31-5)17-20(27)2/h6-18H,1-5H3/q+2. The van der Waals surface area contributed by atoms with Gasteiger partial charge in [-0.25, -0.2) is 0 Å². The zero-order valence-corrected chi connectivity index (χ0v) is 18.7. The molecule has 0 aliphatic heterocycles. The molecule has 0 saturated heterocycles. The third-order valence-electron chi connectivity index (χ3n) is 5.66. The monoisotopic (exact) mass is 412 g/mol. The molecule has 4 nitrogen and oxygen atoms in total. The summed E-state index contributed by atoms with van der Waals surface area (Å²) in [5, 5.41) is 0. The maximum absolute atomic E-state index is 5.33. The fraction of sp³-hybridized carbons (Fsp3) is 0.185. The number of pyridine rings is 2. The maximum atomic E-state index is 5.33. The second kappa shape index (κ2) is 8.60. The molecule has 0 unspecified atom stereocenters. The van der Waals surface area contributed by atoms with Gasteiger partial charge in [-0.2, -0.15) is 9.13 Å². The Labute approximate surface area is 184 Å². The average molecular weight is 413 g/mol. The number of nitrogens with zero attached hydrogens (tertiary/aromatic N) is 2. The molecule has 0 saturated carbocycles. The van der Waals surface area contributed by atoms with Crippen LogP contribution < -0.4 is 18.6 Å². The van der Waals surface area contributed by atoms with E-state index in [1.807, 2.05) is 12.1 Å². The third-order valence-corrected chi connectivity index (χ3v) is 5.66. The van der Waals surface area contributed by atoms with Crippen LogP contribution in [-0.2, 0) is 0 Å². The predicted molar refractivity (Wildman–Crippen MR) is 122 cm³/mol. The van der Waals surface area contributed by atoms with Gasteiger partial charge in [0.1, 0.15) is 11.5 Å². The van der Waals surface area contributed by atoms with Crippen LogP contribution in [0.4, 0.5) is 0 Å². The molecule has 4 heteroatoms. The van der Waals surface area contributed by atoms with Gasteiger partial charge in [-0.1, -0.05) is 0 Å². The van der Waals surface area contributed by atoms with Gasteiger partial charge in [0.15, 0.2) is 24.8 Å². The minimum atomic E-state index is 0.874. The summed E-state index contributed by atoms with van der Waals surface area (Å²) in [5.41, 5.74) is 8.27. The largest absolute Gasteiger partial charge is 0.497 e. The van der Waals surface area contributed by atoms with E-state index in [0.717, 1.165) is 22.9 Å². The number of hydrogen-bond donors (Lipinski definition) is 0. The van der Waals surface area contributed by atoms with Crippen molar-refractivity contribution in [2.75, 3.05) is 14.2 Å². The van der Waals surface area contributed by atoms with Gasteiger partial charge in [0.05, 0.1) is 14.2 Å². The molecule has 0 aliphatic carbocycles. The van der Waals surface area contributed by atoms with Crippen LogP contribution in [0, 0.1) is 20.8 Å². The predicted octanol–water partition coefficient (Wildman–Crippen LogP) is 4.85. The zero-order valence-electron chi connectivity index (χ0n) is 18.7. The normalized spacial score (nSPS) is 10.7. The second-order valence-electron chi connectivity index (χ2n) is 7.75. The number of methoxy groups -OCH3 is 2. The zero-order chi connectivity index (χ0) is 22.0. The van der Waals surface area contributed by atoms with E-state index in [0.29, 0.717) is 0 Å². The summed E-state index contributed by atoms with van der Waals surface area (Å²) in [5.74, 6) is 1.75. The van der Waals surface area contributed by atoms with Crippen LogP contribution >= 0.6 is 0 Å². The van der Waals surface area contributed by atoms with Gasteiger partial charge in [0.25, 0.3) is 0 Å². The lowest BCUT2D eigenvalue weighted by atomic mass is 10.0. The highest BCUT2D eigenvalue weighted by atomic mass is 16.5. The topological polar surface area (TPSA) is 26.2 Å². The molecule has 2 heterocycles. The molecule has 0 aliphatic rings. The van der Waals surface area contributed by atoms with E-state index in [-0.39, 0.29) is 0 Å². The van der Waals surface area contributed by atoms with E-state index in [1.54, 1.807) is 14.2 Å². The first-order valence-electron chi connectivity index (χ1n) is 10.3. The highest BCUT2D eigenvalue weighted by Gasteiger charge is 2.15. The molecule has 156 valence electrons. The molecule has 0 N–H and O–H groups in total. The number of hydrogen-bond acceptors (Lipinski definition) is 2. The lowest BCUT2D eigenvalue weighted by Crippen LogP contribution is -2.31. The van der Waals surface area contributed by atoms with Gasteiger partial charge in [-0.3, -0.25) is 0 Å². The Morgan fingerprint density at radius 1 is 0.581 bits per heavy atom. The van der Waals surface area contributed by atoms with E-state index < -0.39 is 0 Å². The van der Waals surface area contributed by atoms with Gasteiger partial charge >= 0.3 is 0 Å². The van der Waals surface area contributed by atoms with Gasteiger partial charge in [0.2, 0.25) is 11.4 Å². The minimum Gasteiger partial charge on any atom is -0.497 e. The van der Waals surface area contributed by atoms with Crippen LogP contribution in [0.1, 0.15) is 16.7 Å². The number of aromatic nitrogens is 2. The van der Waals surface area contributed by atoms with Crippen molar-refractivity contribution < 1.29 is 18.6 Å². The molecule has 2 aromatic carbocycles. The van der Waals surface area contributed by atoms with E-state index >= 15 is 0 Å². The van der Waals surface area contributed by atoms with Crippen LogP contribution in [0.2, 0.25) is 0 Å². The van der Waals surface area contributed by atoms with Crippen molar-refractivity contribution in [3.8, 4) is 34.0 Å². The fourth-order valence-electron chi connectivity index (χ4n) is 3.94. The van der Waals surface area contributed by atoms with Crippen molar-refractivity contribution in [3.63, 3.8) is 0 Å². The first kappa shape index (κ1) is 20.6. The maximum Gasteiger partial charge on any atom is 0.213 e. The highest BCUT2D eigenvalue weighted by Crippen LogP contribution is 2.23. The van der Waals surface area contributed by atoms with Gasteiger partial charge in [-0.05, 0) is 56.2 Å². The lowest BCUT2D eigenvalue weighted by molar-refractivity contribution is -0.596. The summed E-state index contributed by atoms with van der Waals surface area (Å²) in [6.45, 7) is 6.35. The minimum absolute atomic E-state index is 0.874. The molecule has 0 radical (unpaired) electrons. The van der Waals surface area contributed by atoms with Gasteiger partial charge < -0.3 is 9.47 Å². The molecule has 4 aromatic rings. The van der Waals surface area contributed by atoms with Crippen LogP contribution in [0.3, 0.4) is 0 Å². The quantitative estimate of drug-likeness (QED) is 0.438. The van der Waals surface area contributed by atoms with E-state index in [2.05, 4.69) is 97.2 Å². The van der Waals surface area contributed by atoms with Crippen molar-refractivity contribution in [1.29, 1.82) is 0 Å². The summed E-state index contributed by atoms with van der Waals surface area (Å²) < 4.78 is 14.9. The molecule has 0 atom stereocenters. The summed E-state index contributed by atoms with van der Waals surface area (Å²) in [6, 6.07) is 18.8. The molecule has 4 rings (SSSR count). The molecule has 0 fully saturated rings. The fourth-order valence-corrected chi connectivity index (χ4v) is 3.94. The summed E-state index contributed by atoms with van der Waals surface area (Å²) in [7, 11) is 3.39. The number of aryl methyl sites for hydroxylation is 3. The van der Waals surface area contributed by atoms with Gasteiger partial charge in [-0.15, -0.1) is 0 Å². The molecule has 31 heavy (non-hydrogen) atoms. The third kappa shape index (κ3) is 4.15. The van der Waals surface area contributed by atoms with E-state index in [4.69, 9.17) is 9.47 Å². The molecular weight excluding hydrogens is 384 g/mol. The Bertz CT molecular complexity index is 1230. The molecule has 0 spiro atoms. The Morgan fingerprint density at radius 2 is 1.10 bits per heavy atom. The summed E-state index contributed by atoms with van der Waals surface area (Å²) in [6.07, 6.45) is 8.52. The van der Waals surface area contributed by atoms with Crippen molar-refractivity contribution in [3.05, 3.63) is 96.1 Å².